The van der Waals surface area contributed by atoms with Gasteiger partial charge in [-0.05, 0) is 32.1 Å². The second-order valence-corrected chi connectivity index (χ2v) is 4.16. The Morgan fingerprint density at radius 3 is 2.69 bits per heavy atom. The summed E-state index contributed by atoms with van der Waals surface area (Å²) in [4.78, 5) is 0. The minimum Gasteiger partial charge on any atom is -0.381 e. The minimum absolute atomic E-state index is 0.126. The number of ether oxygens (including phenoxy) is 2. The smallest absolute Gasteiger partial charge is 0.0730 e. The number of hydrogen-bond donors (Lipinski definition) is 1. The first-order valence-electron chi connectivity index (χ1n) is 5.30. The summed E-state index contributed by atoms with van der Waals surface area (Å²) in [5.41, 5.74) is 5.76. The molecule has 2 saturated heterocycles. The highest BCUT2D eigenvalue weighted by atomic mass is 16.5. The fourth-order valence-corrected chi connectivity index (χ4v) is 2.40. The topological polar surface area (TPSA) is 44.5 Å². The van der Waals surface area contributed by atoms with E-state index in [-0.39, 0.29) is 5.60 Å². The van der Waals surface area contributed by atoms with E-state index in [0.717, 1.165) is 32.5 Å². The first kappa shape index (κ1) is 9.44. The van der Waals surface area contributed by atoms with Gasteiger partial charge < -0.3 is 15.2 Å². The Balaban J connectivity index is 1.95. The predicted molar refractivity (Wildman–Crippen MR) is 50.6 cm³/mol. The van der Waals surface area contributed by atoms with E-state index >= 15 is 0 Å². The summed E-state index contributed by atoms with van der Waals surface area (Å²) >= 11 is 0. The van der Waals surface area contributed by atoms with Crippen LogP contribution in [0.15, 0.2) is 0 Å². The lowest BCUT2D eigenvalue weighted by atomic mass is 9.85. The molecule has 2 heterocycles. The average Bonchev–Trinajstić information content (AvgIpc) is 2.19. The van der Waals surface area contributed by atoms with Crippen molar-refractivity contribution >= 4 is 0 Å². The SMILES string of the molecule is NCC1CCCC2(CCOCC2)O1. The maximum atomic E-state index is 6.06. The fraction of sp³-hybridized carbons (Fsp3) is 1.00. The maximum Gasteiger partial charge on any atom is 0.0730 e. The zero-order valence-electron chi connectivity index (χ0n) is 8.13. The van der Waals surface area contributed by atoms with Crippen molar-refractivity contribution in [2.24, 2.45) is 5.73 Å². The Kier molecular flexibility index (Phi) is 2.86. The van der Waals surface area contributed by atoms with Gasteiger partial charge in [0.1, 0.15) is 0 Å². The Labute approximate surface area is 79.6 Å². The van der Waals surface area contributed by atoms with E-state index in [2.05, 4.69) is 0 Å². The molecule has 0 bridgehead atoms. The standard InChI is InChI=1S/C10H19NO2/c11-8-9-2-1-3-10(13-9)4-6-12-7-5-10/h9H,1-8,11H2. The van der Waals surface area contributed by atoms with Crippen molar-refractivity contribution in [2.75, 3.05) is 19.8 Å². The Morgan fingerprint density at radius 2 is 2.00 bits per heavy atom. The second-order valence-electron chi connectivity index (χ2n) is 4.16. The molecule has 2 aliphatic heterocycles. The van der Waals surface area contributed by atoms with Gasteiger partial charge in [0.05, 0.1) is 11.7 Å². The summed E-state index contributed by atoms with van der Waals surface area (Å²) in [6.45, 7) is 2.39. The van der Waals surface area contributed by atoms with Gasteiger partial charge in [-0.25, -0.2) is 0 Å². The molecular weight excluding hydrogens is 166 g/mol. The second kappa shape index (κ2) is 3.95. The molecule has 1 atom stereocenters. The molecule has 0 amide bonds. The van der Waals surface area contributed by atoms with Crippen LogP contribution in [0.1, 0.15) is 32.1 Å². The quantitative estimate of drug-likeness (QED) is 0.664. The summed E-state index contributed by atoms with van der Waals surface area (Å²) in [5, 5.41) is 0. The van der Waals surface area contributed by atoms with E-state index in [0.29, 0.717) is 12.6 Å². The highest BCUT2D eigenvalue weighted by Crippen LogP contribution is 2.36. The highest BCUT2D eigenvalue weighted by Gasteiger charge is 2.38. The van der Waals surface area contributed by atoms with Crippen molar-refractivity contribution in [1.82, 2.24) is 0 Å². The van der Waals surface area contributed by atoms with E-state index in [4.69, 9.17) is 15.2 Å². The van der Waals surface area contributed by atoms with Crippen LogP contribution < -0.4 is 5.73 Å². The summed E-state index contributed by atoms with van der Waals surface area (Å²) in [6, 6.07) is 0. The molecule has 2 aliphatic rings. The highest BCUT2D eigenvalue weighted by molar-refractivity contribution is 4.88. The van der Waals surface area contributed by atoms with Crippen LogP contribution in [0.3, 0.4) is 0 Å². The number of nitrogens with two attached hydrogens (primary N) is 1. The van der Waals surface area contributed by atoms with Crippen LogP contribution in [-0.4, -0.2) is 31.5 Å². The minimum atomic E-state index is 0.126. The number of hydrogen-bond acceptors (Lipinski definition) is 3. The average molecular weight is 185 g/mol. The largest absolute Gasteiger partial charge is 0.381 e. The lowest BCUT2D eigenvalue weighted by Gasteiger charge is -2.43. The lowest BCUT2D eigenvalue weighted by molar-refractivity contribution is -0.166. The molecule has 0 radical (unpaired) electrons. The molecule has 2 N–H and O–H groups in total. The van der Waals surface area contributed by atoms with Gasteiger partial charge in [0.2, 0.25) is 0 Å². The summed E-state index contributed by atoms with van der Waals surface area (Å²) in [7, 11) is 0. The van der Waals surface area contributed by atoms with Gasteiger partial charge >= 0.3 is 0 Å². The van der Waals surface area contributed by atoms with Crippen LogP contribution in [0.4, 0.5) is 0 Å². The third-order valence-corrected chi connectivity index (χ3v) is 3.24. The van der Waals surface area contributed by atoms with Crippen molar-refractivity contribution < 1.29 is 9.47 Å². The van der Waals surface area contributed by atoms with Gasteiger partial charge in [-0.2, -0.15) is 0 Å². The number of rotatable bonds is 1. The van der Waals surface area contributed by atoms with E-state index in [9.17, 15) is 0 Å². The van der Waals surface area contributed by atoms with Crippen molar-refractivity contribution in [3.05, 3.63) is 0 Å². The molecule has 13 heavy (non-hydrogen) atoms. The van der Waals surface area contributed by atoms with Crippen LogP contribution >= 0.6 is 0 Å². The van der Waals surface area contributed by atoms with Crippen molar-refractivity contribution in [3.63, 3.8) is 0 Å². The molecule has 0 aromatic rings. The summed E-state index contributed by atoms with van der Waals surface area (Å²) in [6.07, 6.45) is 6.02. The van der Waals surface area contributed by atoms with Gasteiger partial charge in [0.15, 0.2) is 0 Å². The van der Waals surface area contributed by atoms with Crippen LogP contribution in [0.25, 0.3) is 0 Å². The van der Waals surface area contributed by atoms with Crippen molar-refractivity contribution in [2.45, 2.75) is 43.8 Å². The van der Waals surface area contributed by atoms with Crippen LogP contribution in [0.2, 0.25) is 0 Å². The Hall–Kier alpha value is -0.120. The zero-order chi connectivity index (χ0) is 9.15. The van der Waals surface area contributed by atoms with Gasteiger partial charge in [-0.3, -0.25) is 0 Å². The molecule has 0 aliphatic carbocycles. The van der Waals surface area contributed by atoms with Crippen molar-refractivity contribution in [1.29, 1.82) is 0 Å². The van der Waals surface area contributed by atoms with Gasteiger partial charge in [0, 0.05) is 19.8 Å². The summed E-state index contributed by atoms with van der Waals surface area (Å²) in [5.74, 6) is 0. The molecule has 0 saturated carbocycles. The first-order chi connectivity index (χ1) is 6.35. The van der Waals surface area contributed by atoms with E-state index in [1.54, 1.807) is 0 Å². The predicted octanol–water partition coefficient (Wildman–Crippen LogP) is 1.06. The molecule has 3 nitrogen and oxygen atoms in total. The molecule has 1 unspecified atom stereocenters. The molecule has 1 spiro atoms. The Morgan fingerprint density at radius 1 is 1.23 bits per heavy atom. The lowest BCUT2D eigenvalue weighted by Crippen LogP contribution is -2.46. The van der Waals surface area contributed by atoms with E-state index < -0.39 is 0 Å². The third-order valence-electron chi connectivity index (χ3n) is 3.24. The molecule has 3 heteroatoms. The first-order valence-corrected chi connectivity index (χ1v) is 5.30. The molecular formula is C10H19NO2. The van der Waals surface area contributed by atoms with Crippen LogP contribution in [-0.2, 0) is 9.47 Å². The third kappa shape index (κ3) is 2.03. The molecule has 2 rings (SSSR count). The molecule has 0 aromatic carbocycles. The van der Waals surface area contributed by atoms with Gasteiger partial charge in [-0.15, -0.1) is 0 Å². The summed E-state index contributed by atoms with van der Waals surface area (Å²) < 4.78 is 11.4. The molecule has 2 fully saturated rings. The van der Waals surface area contributed by atoms with Crippen LogP contribution in [0, 0.1) is 0 Å². The Bertz CT molecular complexity index is 161. The fourth-order valence-electron chi connectivity index (χ4n) is 2.40. The van der Waals surface area contributed by atoms with Crippen molar-refractivity contribution in [3.8, 4) is 0 Å². The zero-order valence-corrected chi connectivity index (χ0v) is 8.13. The molecule has 0 aromatic heterocycles. The molecule has 76 valence electrons. The van der Waals surface area contributed by atoms with Gasteiger partial charge in [-0.1, -0.05) is 0 Å². The van der Waals surface area contributed by atoms with Gasteiger partial charge in [0.25, 0.3) is 0 Å². The van der Waals surface area contributed by atoms with Crippen LogP contribution in [0.5, 0.6) is 0 Å². The maximum absolute atomic E-state index is 6.06. The normalized spacial score (nSPS) is 33.5. The monoisotopic (exact) mass is 185 g/mol. The van der Waals surface area contributed by atoms with E-state index in [1.165, 1.54) is 12.8 Å². The van der Waals surface area contributed by atoms with E-state index in [1.807, 2.05) is 0 Å².